The average molecular weight is 120 g/mol. The van der Waals surface area contributed by atoms with Gasteiger partial charge in [0.1, 0.15) is 0 Å². The first-order chi connectivity index (χ1) is 4.41. The summed E-state index contributed by atoms with van der Waals surface area (Å²) in [5, 5.41) is 8.25. The Balaban J connectivity index is 3.48. The Morgan fingerprint density at radius 1 is 1.44 bits per heavy atom. The molecule has 0 aromatic rings. The third-order valence-corrected chi connectivity index (χ3v) is 0.562. The quantitative estimate of drug-likeness (QED) is 0.501. The number of allylic oxidation sites excluding steroid dienone is 1. The molecule has 0 fully saturated rings. The van der Waals surface area contributed by atoms with Crippen LogP contribution in [0.25, 0.3) is 0 Å². The predicted octanol–water partition coefficient (Wildman–Crippen LogP) is 0.562. The Kier molecular flexibility index (Phi) is 5.93. The van der Waals surface area contributed by atoms with Crippen molar-refractivity contribution in [3.05, 3.63) is 12.7 Å². The van der Waals surface area contributed by atoms with Gasteiger partial charge in [0.05, 0.1) is 6.61 Å². The van der Waals surface area contributed by atoms with E-state index in [4.69, 9.17) is 5.11 Å². The molecule has 0 aromatic carbocycles. The van der Waals surface area contributed by atoms with E-state index in [-0.39, 0.29) is 6.61 Å². The van der Waals surface area contributed by atoms with Gasteiger partial charge >= 0.3 is 0 Å². The van der Waals surface area contributed by atoms with Gasteiger partial charge in [0.2, 0.25) is 0 Å². The third-order valence-electron chi connectivity index (χ3n) is 0.562. The van der Waals surface area contributed by atoms with Crippen molar-refractivity contribution in [1.82, 2.24) is 0 Å². The smallest absolute Gasteiger partial charge is 0.0540 e. The van der Waals surface area contributed by atoms with Crippen LogP contribution in [0.5, 0.6) is 0 Å². The van der Waals surface area contributed by atoms with Crippen molar-refractivity contribution in [3.63, 3.8) is 0 Å². The first-order valence-corrected chi connectivity index (χ1v) is 2.62. The predicted molar refractivity (Wildman–Crippen MR) is 37.5 cm³/mol. The van der Waals surface area contributed by atoms with Gasteiger partial charge < -0.3 is 5.11 Å². The van der Waals surface area contributed by atoms with E-state index in [9.17, 15) is 0 Å². The van der Waals surface area contributed by atoms with Crippen LogP contribution in [0.2, 0.25) is 0 Å². The molecular weight excluding hydrogens is 112 g/mol. The van der Waals surface area contributed by atoms with Gasteiger partial charge in [-0.25, -0.2) is 0 Å². The number of aliphatic hydroxyl groups is 1. The second kappa shape index (κ2) is 6.82. The zero-order valence-electron chi connectivity index (χ0n) is 5.15. The lowest BCUT2D eigenvalue weighted by molar-refractivity contribution is 0.305. The highest BCUT2D eigenvalue weighted by atomic mass is 16.2. The lowest BCUT2D eigenvalue weighted by atomic mass is 10.4. The van der Waals surface area contributed by atoms with Gasteiger partial charge in [0.25, 0.3) is 0 Å². The summed E-state index contributed by atoms with van der Waals surface area (Å²) in [6.45, 7) is 3.49. The molecule has 0 amide bonds. The lowest BCUT2D eigenvalue weighted by Gasteiger charge is -1.72. The van der Waals surface area contributed by atoms with Gasteiger partial charge in [-0.2, -0.15) is 0 Å². The molecule has 0 unspecified atom stereocenters. The highest BCUT2D eigenvalue weighted by Gasteiger charge is 1.66. The SMILES string of the molecule is C=CC#CC#CCCO. The van der Waals surface area contributed by atoms with Crippen LogP contribution in [0, 0.1) is 23.7 Å². The van der Waals surface area contributed by atoms with Gasteiger partial charge in [0.15, 0.2) is 0 Å². The van der Waals surface area contributed by atoms with Gasteiger partial charge in [-0.1, -0.05) is 18.4 Å². The van der Waals surface area contributed by atoms with Gasteiger partial charge in [-0.3, -0.25) is 0 Å². The Labute approximate surface area is 55.4 Å². The van der Waals surface area contributed by atoms with Gasteiger partial charge in [-0.15, -0.1) is 0 Å². The van der Waals surface area contributed by atoms with E-state index in [0.717, 1.165) is 0 Å². The van der Waals surface area contributed by atoms with Crippen molar-refractivity contribution < 1.29 is 5.11 Å². The Hall–Kier alpha value is -1.18. The molecular formula is C8H8O. The molecule has 0 aliphatic rings. The molecule has 0 bridgehead atoms. The number of rotatable bonds is 1. The van der Waals surface area contributed by atoms with Crippen LogP contribution in [0.15, 0.2) is 12.7 Å². The van der Waals surface area contributed by atoms with E-state index in [1.807, 2.05) is 0 Å². The van der Waals surface area contributed by atoms with E-state index in [1.165, 1.54) is 6.08 Å². The van der Waals surface area contributed by atoms with Gasteiger partial charge in [0, 0.05) is 6.42 Å². The summed E-state index contributed by atoms with van der Waals surface area (Å²) in [6.07, 6.45) is 1.97. The maximum absolute atomic E-state index is 8.25. The minimum Gasteiger partial charge on any atom is -0.395 e. The van der Waals surface area contributed by atoms with E-state index >= 15 is 0 Å². The minimum atomic E-state index is 0.1000. The van der Waals surface area contributed by atoms with Crippen LogP contribution in [0.4, 0.5) is 0 Å². The summed E-state index contributed by atoms with van der Waals surface area (Å²) in [6, 6.07) is 0. The van der Waals surface area contributed by atoms with E-state index in [1.54, 1.807) is 0 Å². The maximum Gasteiger partial charge on any atom is 0.0540 e. The molecule has 0 heterocycles. The standard InChI is InChI=1S/C8H8O/c1-2-3-4-5-6-7-8-9/h2,9H,1,7-8H2. The summed E-state index contributed by atoms with van der Waals surface area (Å²) in [7, 11) is 0. The zero-order valence-corrected chi connectivity index (χ0v) is 5.15. The van der Waals surface area contributed by atoms with Crippen molar-refractivity contribution in [1.29, 1.82) is 0 Å². The molecule has 0 aliphatic carbocycles. The topological polar surface area (TPSA) is 20.2 Å². The third kappa shape index (κ3) is 6.82. The van der Waals surface area contributed by atoms with Crippen molar-refractivity contribution >= 4 is 0 Å². The first kappa shape index (κ1) is 7.82. The lowest BCUT2D eigenvalue weighted by Crippen LogP contribution is -1.74. The van der Waals surface area contributed by atoms with E-state index in [2.05, 4.69) is 30.3 Å². The summed E-state index contributed by atoms with van der Waals surface area (Å²) < 4.78 is 0. The fourth-order valence-corrected chi connectivity index (χ4v) is 0.250. The molecule has 46 valence electrons. The molecule has 1 nitrogen and oxygen atoms in total. The molecule has 0 atom stereocenters. The summed E-state index contributed by atoms with van der Waals surface area (Å²) in [5.74, 6) is 10.3. The Bertz CT molecular complexity index is 182. The number of aliphatic hydroxyl groups excluding tert-OH is 1. The molecule has 1 heteroatoms. The largest absolute Gasteiger partial charge is 0.395 e. The van der Waals surface area contributed by atoms with E-state index < -0.39 is 0 Å². The molecule has 0 aromatic heterocycles. The Morgan fingerprint density at radius 2 is 2.22 bits per heavy atom. The molecule has 9 heavy (non-hydrogen) atoms. The molecule has 0 radical (unpaired) electrons. The van der Waals surface area contributed by atoms with Crippen molar-refractivity contribution in [2.75, 3.05) is 6.61 Å². The second-order valence-corrected chi connectivity index (χ2v) is 1.25. The molecule has 1 N–H and O–H groups in total. The van der Waals surface area contributed by atoms with Crippen molar-refractivity contribution in [3.8, 4) is 23.7 Å². The van der Waals surface area contributed by atoms with Crippen molar-refractivity contribution in [2.24, 2.45) is 0 Å². The monoisotopic (exact) mass is 120 g/mol. The zero-order chi connectivity index (χ0) is 6.95. The van der Waals surface area contributed by atoms with Gasteiger partial charge in [-0.05, 0) is 17.9 Å². The van der Waals surface area contributed by atoms with Crippen LogP contribution in [0.1, 0.15) is 6.42 Å². The Morgan fingerprint density at radius 3 is 2.78 bits per heavy atom. The minimum absolute atomic E-state index is 0.1000. The van der Waals surface area contributed by atoms with Crippen LogP contribution in [-0.2, 0) is 0 Å². The fourth-order valence-electron chi connectivity index (χ4n) is 0.250. The van der Waals surface area contributed by atoms with Crippen molar-refractivity contribution in [2.45, 2.75) is 6.42 Å². The molecule has 0 rings (SSSR count). The first-order valence-electron chi connectivity index (χ1n) is 2.62. The number of hydrogen-bond acceptors (Lipinski definition) is 1. The highest BCUT2D eigenvalue weighted by molar-refractivity contribution is 5.29. The molecule has 0 aliphatic heterocycles. The second-order valence-electron chi connectivity index (χ2n) is 1.25. The normalized spacial score (nSPS) is 5.89. The van der Waals surface area contributed by atoms with Crippen LogP contribution in [0.3, 0.4) is 0 Å². The fraction of sp³-hybridized carbons (Fsp3) is 0.250. The average Bonchev–Trinajstić information content (AvgIpc) is 1.89. The maximum atomic E-state index is 8.25. The van der Waals surface area contributed by atoms with E-state index in [0.29, 0.717) is 6.42 Å². The summed E-state index contributed by atoms with van der Waals surface area (Å²) in [4.78, 5) is 0. The summed E-state index contributed by atoms with van der Waals surface area (Å²) >= 11 is 0. The number of hydrogen-bond donors (Lipinski definition) is 1. The molecule has 0 saturated carbocycles. The molecule has 0 saturated heterocycles. The van der Waals surface area contributed by atoms with Crippen LogP contribution >= 0.6 is 0 Å². The highest BCUT2D eigenvalue weighted by Crippen LogP contribution is 1.67. The summed E-state index contributed by atoms with van der Waals surface area (Å²) in [5.41, 5.74) is 0. The van der Waals surface area contributed by atoms with Crippen LogP contribution < -0.4 is 0 Å². The van der Waals surface area contributed by atoms with Crippen LogP contribution in [-0.4, -0.2) is 11.7 Å². The molecule has 0 spiro atoms.